The van der Waals surface area contributed by atoms with Crippen molar-refractivity contribution >= 4 is 29.5 Å². The monoisotopic (exact) mass is 398 g/mol. The summed E-state index contributed by atoms with van der Waals surface area (Å²) < 4.78 is 13.4. The lowest BCUT2D eigenvalue weighted by molar-refractivity contribution is 0.173. The highest BCUT2D eigenvalue weighted by molar-refractivity contribution is 6.05. The molecule has 9 heteroatoms. The summed E-state index contributed by atoms with van der Waals surface area (Å²) in [6.45, 7) is 7.93. The van der Waals surface area contributed by atoms with Crippen molar-refractivity contribution in [1.29, 1.82) is 0 Å². The van der Waals surface area contributed by atoms with E-state index in [0.717, 1.165) is 0 Å². The number of rotatable bonds is 3. The number of hydrogen-bond acceptors (Lipinski definition) is 4. The number of hydrogen-bond donors (Lipinski definition) is 0. The summed E-state index contributed by atoms with van der Waals surface area (Å²) in [5.74, 6) is 0.594. The SMILES string of the molecule is CC(C)(C)N1CCN(c2cccc(N3CCN(c4cccc(F)n4)C3=O)n2)C1=O. The van der Waals surface area contributed by atoms with Crippen molar-refractivity contribution in [3.05, 3.63) is 42.3 Å². The van der Waals surface area contributed by atoms with E-state index in [1.807, 2.05) is 20.8 Å². The number of carbonyl (C=O) groups excluding carboxylic acids is 2. The standard InChI is InChI=1S/C20H23FN6O2/c1-20(2,3)27-13-12-26(19(27)29)17-9-5-8-16(23-17)25-11-10-24(18(25)28)15-7-4-6-14(21)22-15/h4-9H,10-13H2,1-3H3. The highest BCUT2D eigenvalue weighted by Gasteiger charge is 2.38. The average molecular weight is 398 g/mol. The van der Waals surface area contributed by atoms with E-state index >= 15 is 0 Å². The molecule has 8 nitrogen and oxygen atoms in total. The van der Waals surface area contributed by atoms with Crippen LogP contribution in [-0.4, -0.2) is 58.6 Å². The molecular weight excluding hydrogens is 375 g/mol. The molecule has 0 unspecified atom stereocenters. The van der Waals surface area contributed by atoms with Crippen LogP contribution in [0.2, 0.25) is 0 Å². The molecule has 4 rings (SSSR count). The summed E-state index contributed by atoms with van der Waals surface area (Å²) in [6.07, 6.45) is 0. The van der Waals surface area contributed by atoms with Crippen LogP contribution in [0, 0.1) is 5.95 Å². The minimum Gasteiger partial charge on any atom is -0.318 e. The quantitative estimate of drug-likeness (QED) is 0.745. The maximum atomic E-state index is 13.4. The summed E-state index contributed by atoms with van der Waals surface area (Å²) in [6, 6.07) is 9.20. The summed E-state index contributed by atoms with van der Waals surface area (Å²) >= 11 is 0. The summed E-state index contributed by atoms with van der Waals surface area (Å²) in [5.41, 5.74) is -0.271. The predicted molar refractivity (Wildman–Crippen MR) is 108 cm³/mol. The first-order valence-corrected chi connectivity index (χ1v) is 9.53. The zero-order chi connectivity index (χ0) is 20.8. The Balaban J connectivity index is 1.56. The van der Waals surface area contributed by atoms with Crippen molar-refractivity contribution in [2.45, 2.75) is 26.3 Å². The van der Waals surface area contributed by atoms with Gasteiger partial charge in [0.2, 0.25) is 5.95 Å². The van der Waals surface area contributed by atoms with Gasteiger partial charge in [-0.15, -0.1) is 0 Å². The molecule has 0 radical (unpaired) electrons. The third-order valence-electron chi connectivity index (χ3n) is 5.08. The van der Waals surface area contributed by atoms with E-state index in [-0.39, 0.29) is 23.4 Å². The van der Waals surface area contributed by atoms with Gasteiger partial charge < -0.3 is 4.90 Å². The topological polar surface area (TPSA) is 72.9 Å². The highest BCUT2D eigenvalue weighted by Crippen LogP contribution is 2.28. The highest BCUT2D eigenvalue weighted by atomic mass is 19.1. The van der Waals surface area contributed by atoms with Gasteiger partial charge in [-0.25, -0.2) is 19.6 Å². The average Bonchev–Trinajstić information content (AvgIpc) is 3.24. The number of urea groups is 2. The first-order chi connectivity index (χ1) is 13.8. The molecule has 2 aliphatic rings. The second kappa shape index (κ2) is 6.98. The Morgan fingerprint density at radius 1 is 0.759 bits per heavy atom. The number of anilines is 3. The van der Waals surface area contributed by atoms with Crippen LogP contribution in [0.4, 0.5) is 31.4 Å². The molecule has 4 amide bonds. The summed E-state index contributed by atoms with van der Waals surface area (Å²) in [4.78, 5) is 40.4. The summed E-state index contributed by atoms with van der Waals surface area (Å²) in [5, 5.41) is 0. The molecule has 2 aliphatic heterocycles. The molecule has 29 heavy (non-hydrogen) atoms. The van der Waals surface area contributed by atoms with Crippen LogP contribution >= 0.6 is 0 Å². The van der Waals surface area contributed by atoms with Gasteiger partial charge in [0.1, 0.15) is 17.5 Å². The maximum absolute atomic E-state index is 13.4. The Labute approximate surface area is 168 Å². The Morgan fingerprint density at radius 3 is 1.76 bits per heavy atom. The van der Waals surface area contributed by atoms with E-state index in [1.54, 1.807) is 34.1 Å². The maximum Gasteiger partial charge on any atom is 0.331 e. The Kier molecular flexibility index (Phi) is 4.60. The van der Waals surface area contributed by atoms with Crippen LogP contribution in [0.1, 0.15) is 20.8 Å². The van der Waals surface area contributed by atoms with Crippen LogP contribution in [0.3, 0.4) is 0 Å². The Bertz CT molecular complexity index is 960. The van der Waals surface area contributed by atoms with E-state index < -0.39 is 5.95 Å². The normalized spacial score (nSPS) is 17.7. The van der Waals surface area contributed by atoms with E-state index in [0.29, 0.717) is 37.8 Å². The molecule has 0 N–H and O–H groups in total. The van der Waals surface area contributed by atoms with E-state index in [4.69, 9.17) is 0 Å². The van der Waals surface area contributed by atoms with Gasteiger partial charge in [0.25, 0.3) is 0 Å². The van der Waals surface area contributed by atoms with Crippen molar-refractivity contribution in [1.82, 2.24) is 14.9 Å². The zero-order valence-electron chi connectivity index (χ0n) is 16.7. The van der Waals surface area contributed by atoms with Gasteiger partial charge >= 0.3 is 12.1 Å². The second-order valence-electron chi connectivity index (χ2n) is 8.02. The minimum atomic E-state index is -0.634. The van der Waals surface area contributed by atoms with Gasteiger partial charge in [0.05, 0.1) is 0 Å². The van der Waals surface area contributed by atoms with Gasteiger partial charge in [-0.1, -0.05) is 12.1 Å². The van der Waals surface area contributed by atoms with Gasteiger partial charge in [0.15, 0.2) is 0 Å². The van der Waals surface area contributed by atoms with Crippen LogP contribution in [0.25, 0.3) is 0 Å². The van der Waals surface area contributed by atoms with Crippen LogP contribution in [0.15, 0.2) is 36.4 Å². The first kappa shape index (κ1) is 19.1. The first-order valence-electron chi connectivity index (χ1n) is 9.53. The van der Waals surface area contributed by atoms with Crippen molar-refractivity contribution in [3.8, 4) is 0 Å². The molecule has 2 aromatic rings. The lowest BCUT2D eigenvalue weighted by atomic mass is 10.1. The van der Waals surface area contributed by atoms with Gasteiger partial charge in [0, 0.05) is 31.7 Å². The number of nitrogens with zero attached hydrogens (tertiary/aromatic N) is 6. The number of carbonyl (C=O) groups is 2. The number of aromatic nitrogens is 2. The molecule has 4 heterocycles. The van der Waals surface area contributed by atoms with Crippen molar-refractivity contribution in [2.24, 2.45) is 0 Å². The van der Waals surface area contributed by atoms with Crippen LogP contribution < -0.4 is 14.7 Å². The lowest BCUT2D eigenvalue weighted by Crippen LogP contribution is -2.44. The molecule has 152 valence electrons. The smallest absolute Gasteiger partial charge is 0.318 e. The fraction of sp³-hybridized carbons (Fsp3) is 0.400. The molecular formula is C20H23FN6O2. The number of halogens is 1. The minimum absolute atomic E-state index is 0.0968. The van der Waals surface area contributed by atoms with Crippen molar-refractivity contribution in [2.75, 3.05) is 40.9 Å². The van der Waals surface area contributed by atoms with Gasteiger partial charge in [-0.05, 0) is 45.0 Å². The Morgan fingerprint density at radius 2 is 1.24 bits per heavy atom. The number of pyridine rings is 2. The largest absolute Gasteiger partial charge is 0.331 e. The molecule has 0 aromatic carbocycles. The van der Waals surface area contributed by atoms with Crippen LogP contribution in [-0.2, 0) is 0 Å². The zero-order valence-corrected chi connectivity index (χ0v) is 16.7. The van der Waals surface area contributed by atoms with Gasteiger partial charge in [-0.2, -0.15) is 4.39 Å². The fourth-order valence-corrected chi connectivity index (χ4v) is 3.59. The van der Waals surface area contributed by atoms with E-state index in [9.17, 15) is 14.0 Å². The molecule has 0 aliphatic carbocycles. The molecule has 0 spiro atoms. The molecule has 2 saturated heterocycles. The summed E-state index contributed by atoms with van der Waals surface area (Å²) in [7, 11) is 0. The van der Waals surface area contributed by atoms with E-state index in [2.05, 4.69) is 9.97 Å². The van der Waals surface area contributed by atoms with Crippen molar-refractivity contribution in [3.63, 3.8) is 0 Å². The van der Waals surface area contributed by atoms with E-state index in [1.165, 1.54) is 21.9 Å². The molecule has 2 aromatic heterocycles. The molecule has 2 fully saturated rings. The third-order valence-corrected chi connectivity index (χ3v) is 5.08. The third kappa shape index (κ3) is 3.48. The Hall–Kier alpha value is -3.23. The fourth-order valence-electron chi connectivity index (χ4n) is 3.59. The van der Waals surface area contributed by atoms with Crippen LogP contribution in [0.5, 0.6) is 0 Å². The number of amides is 4. The van der Waals surface area contributed by atoms with Crippen molar-refractivity contribution < 1.29 is 14.0 Å². The lowest BCUT2D eigenvalue weighted by Gasteiger charge is -2.31. The molecule has 0 bridgehead atoms. The van der Waals surface area contributed by atoms with Gasteiger partial charge in [-0.3, -0.25) is 14.7 Å². The molecule has 0 atom stereocenters. The molecule has 0 saturated carbocycles. The second-order valence-corrected chi connectivity index (χ2v) is 8.02. The predicted octanol–water partition coefficient (Wildman–Crippen LogP) is 3.10.